The van der Waals surface area contributed by atoms with E-state index in [-0.39, 0.29) is 0 Å². The van der Waals surface area contributed by atoms with Gasteiger partial charge in [0.25, 0.3) is 0 Å². The van der Waals surface area contributed by atoms with E-state index in [9.17, 15) is 0 Å². The largest absolute Gasteiger partial charge is 0.261 e. The van der Waals surface area contributed by atoms with E-state index in [2.05, 4.69) is 41.3 Å². The van der Waals surface area contributed by atoms with Crippen molar-refractivity contribution in [2.24, 2.45) is 0 Å². The summed E-state index contributed by atoms with van der Waals surface area (Å²) in [5.41, 5.74) is 3.88. The van der Waals surface area contributed by atoms with Gasteiger partial charge in [-0.3, -0.25) is 4.98 Å². The Bertz CT molecular complexity index is 457. The molecule has 1 aromatic heterocycles. The zero-order valence-corrected chi connectivity index (χ0v) is 7.85. The molecule has 3 rings (SSSR count). The minimum absolute atomic E-state index is 0.487. The van der Waals surface area contributed by atoms with Crippen LogP contribution in [0.25, 0.3) is 6.08 Å². The maximum absolute atomic E-state index is 4.48. The fraction of sp³-hybridized carbons (Fsp3) is 0.0833. The second-order valence-corrected chi connectivity index (χ2v) is 3.69. The SMILES string of the molecule is B1C=CC=C2C=Cc3cccnc3C12. The lowest BCUT2D eigenvalue weighted by molar-refractivity contribution is 1.01. The number of pyridine rings is 1. The zero-order valence-electron chi connectivity index (χ0n) is 7.85. The van der Waals surface area contributed by atoms with Gasteiger partial charge in [-0.1, -0.05) is 30.4 Å². The molecular formula is C12H10BN. The molecule has 0 spiro atoms. The molecule has 1 aliphatic carbocycles. The lowest BCUT2D eigenvalue weighted by Crippen LogP contribution is -2.16. The summed E-state index contributed by atoms with van der Waals surface area (Å²) in [6.45, 7) is 0. The lowest BCUT2D eigenvalue weighted by Gasteiger charge is -2.23. The fourth-order valence-electron chi connectivity index (χ4n) is 2.14. The van der Waals surface area contributed by atoms with Crippen LogP contribution in [0, 0.1) is 0 Å². The highest BCUT2D eigenvalue weighted by molar-refractivity contribution is 6.46. The Morgan fingerprint density at radius 3 is 3.29 bits per heavy atom. The average molecular weight is 179 g/mol. The molecule has 1 aromatic rings. The molecule has 66 valence electrons. The molecule has 0 radical (unpaired) electrons. The topological polar surface area (TPSA) is 12.9 Å². The van der Waals surface area contributed by atoms with Crippen molar-refractivity contribution in [3.05, 3.63) is 59.4 Å². The number of nitrogens with zero attached hydrogens (tertiary/aromatic N) is 1. The highest BCUT2D eigenvalue weighted by Crippen LogP contribution is 2.32. The summed E-state index contributed by atoms with van der Waals surface area (Å²) in [7, 11) is 1.08. The molecule has 1 unspecified atom stereocenters. The van der Waals surface area contributed by atoms with E-state index in [0.29, 0.717) is 5.82 Å². The van der Waals surface area contributed by atoms with E-state index in [1.165, 1.54) is 16.8 Å². The van der Waals surface area contributed by atoms with E-state index in [0.717, 1.165) is 7.28 Å². The zero-order chi connectivity index (χ0) is 9.38. The molecule has 0 bridgehead atoms. The van der Waals surface area contributed by atoms with E-state index in [1.54, 1.807) is 0 Å². The van der Waals surface area contributed by atoms with Gasteiger partial charge in [-0.25, -0.2) is 0 Å². The van der Waals surface area contributed by atoms with Crippen LogP contribution in [0.1, 0.15) is 17.1 Å². The Hall–Kier alpha value is -1.57. The van der Waals surface area contributed by atoms with Gasteiger partial charge in [0, 0.05) is 17.7 Å². The minimum Gasteiger partial charge on any atom is -0.261 e. The molecule has 0 saturated heterocycles. The van der Waals surface area contributed by atoms with Gasteiger partial charge in [-0.2, -0.15) is 0 Å². The first-order valence-electron chi connectivity index (χ1n) is 4.95. The van der Waals surface area contributed by atoms with Crippen LogP contribution in [-0.2, 0) is 0 Å². The Morgan fingerprint density at radius 2 is 2.29 bits per heavy atom. The van der Waals surface area contributed by atoms with Gasteiger partial charge in [0.1, 0.15) is 0 Å². The summed E-state index contributed by atoms with van der Waals surface area (Å²) in [5.74, 6) is 2.70. The molecule has 2 heterocycles. The van der Waals surface area contributed by atoms with Crippen molar-refractivity contribution in [3.8, 4) is 0 Å². The number of hydrogen-bond acceptors (Lipinski definition) is 1. The Labute approximate surface area is 84.1 Å². The summed E-state index contributed by atoms with van der Waals surface area (Å²) in [6, 6.07) is 4.13. The molecule has 2 aliphatic rings. The summed E-state index contributed by atoms with van der Waals surface area (Å²) < 4.78 is 0. The van der Waals surface area contributed by atoms with Crippen LogP contribution < -0.4 is 0 Å². The first kappa shape index (κ1) is 7.80. The Kier molecular flexibility index (Phi) is 1.66. The quantitative estimate of drug-likeness (QED) is 0.555. The van der Waals surface area contributed by atoms with Crippen LogP contribution in [0.5, 0.6) is 0 Å². The number of hydrogen-bond donors (Lipinski definition) is 0. The van der Waals surface area contributed by atoms with Crippen LogP contribution in [0.4, 0.5) is 0 Å². The van der Waals surface area contributed by atoms with Gasteiger partial charge in [0.05, 0.1) is 0 Å². The van der Waals surface area contributed by atoms with E-state index >= 15 is 0 Å². The predicted molar refractivity (Wildman–Crippen MR) is 60.4 cm³/mol. The monoisotopic (exact) mass is 179 g/mol. The van der Waals surface area contributed by atoms with E-state index in [4.69, 9.17) is 0 Å². The van der Waals surface area contributed by atoms with Crippen molar-refractivity contribution in [3.63, 3.8) is 0 Å². The molecule has 0 aromatic carbocycles. The van der Waals surface area contributed by atoms with Crippen molar-refractivity contribution in [2.75, 3.05) is 0 Å². The third kappa shape index (κ3) is 1.07. The number of aromatic nitrogens is 1. The maximum Gasteiger partial charge on any atom is 0.163 e. The van der Waals surface area contributed by atoms with Gasteiger partial charge < -0.3 is 0 Å². The van der Waals surface area contributed by atoms with Gasteiger partial charge in [-0.15, -0.1) is 5.98 Å². The molecule has 0 saturated carbocycles. The summed E-state index contributed by atoms with van der Waals surface area (Å²) in [4.78, 5) is 4.48. The third-order valence-electron chi connectivity index (χ3n) is 2.86. The predicted octanol–water partition coefficient (Wildman–Crippen LogP) is 2.04. The van der Waals surface area contributed by atoms with Crippen molar-refractivity contribution >= 4 is 13.4 Å². The van der Waals surface area contributed by atoms with E-state index < -0.39 is 0 Å². The average Bonchev–Trinajstić information content (AvgIpc) is 2.29. The summed E-state index contributed by atoms with van der Waals surface area (Å²) in [5, 5.41) is 0. The molecule has 1 atom stereocenters. The standard InChI is InChI=1S/C12H10BN/c1-3-9-5-6-10-4-2-8-14-12(10)11(9)13-7-1/h1-8,11,13H. The number of fused-ring (bicyclic) bond motifs is 3. The molecular weight excluding hydrogens is 169 g/mol. The molecule has 0 amide bonds. The molecule has 1 aliphatic heterocycles. The highest BCUT2D eigenvalue weighted by Gasteiger charge is 2.22. The Balaban J connectivity index is 2.18. The third-order valence-corrected chi connectivity index (χ3v) is 2.86. The minimum atomic E-state index is 0.487. The maximum atomic E-state index is 4.48. The lowest BCUT2D eigenvalue weighted by atomic mass is 9.56. The van der Waals surface area contributed by atoms with Gasteiger partial charge in [0.2, 0.25) is 0 Å². The second-order valence-electron chi connectivity index (χ2n) is 3.69. The Morgan fingerprint density at radius 1 is 1.29 bits per heavy atom. The summed E-state index contributed by atoms with van der Waals surface area (Å²) in [6.07, 6.45) is 10.6. The van der Waals surface area contributed by atoms with Crippen molar-refractivity contribution in [2.45, 2.75) is 5.82 Å². The van der Waals surface area contributed by atoms with Crippen LogP contribution >= 0.6 is 0 Å². The smallest absolute Gasteiger partial charge is 0.163 e. The summed E-state index contributed by atoms with van der Waals surface area (Å²) >= 11 is 0. The van der Waals surface area contributed by atoms with Gasteiger partial charge >= 0.3 is 0 Å². The van der Waals surface area contributed by atoms with Gasteiger partial charge in [0.15, 0.2) is 7.28 Å². The van der Waals surface area contributed by atoms with E-state index in [1.807, 2.05) is 12.3 Å². The molecule has 0 N–H and O–H groups in total. The van der Waals surface area contributed by atoms with Crippen molar-refractivity contribution in [1.82, 2.24) is 4.98 Å². The van der Waals surface area contributed by atoms with Crippen LogP contribution in [0.3, 0.4) is 0 Å². The highest BCUT2D eigenvalue weighted by atomic mass is 14.7. The van der Waals surface area contributed by atoms with Crippen molar-refractivity contribution < 1.29 is 0 Å². The molecule has 14 heavy (non-hydrogen) atoms. The first-order valence-corrected chi connectivity index (χ1v) is 4.95. The second kappa shape index (κ2) is 2.98. The molecule has 1 nitrogen and oxygen atoms in total. The van der Waals surface area contributed by atoms with Crippen molar-refractivity contribution in [1.29, 1.82) is 0 Å². The van der Waals surface area contributed by atoms with Crippen LogP contribution in [0.2, 0.25) is 0 Å². The van der Waals surface area contributed by atoms with Gasteiger partial charge in [-0.05, 0) is 17.2 Å². The normalized spacial score (nSPS) is 22.0. The first-order chi connectivity index (χ1) is 6.95. The number of rotatable bonds is 0. The molecule has 2 heteroatoms. The number of allylic oxidation sites excluding steroid dienone is 4. The molecule has 0 fully saturated rings. The fourth-order valence-corrected chi connectivity index (χ4v) is 2.14. The van der Waals surface area contributed by atoms with Crippen LogP contribution in [0.15, 0.2) is 48.1 Å². The van der Waals surface area contributed by atoms with Crippen LogP contribution in [-0.4, -0.2) is 12.3 Å².